The molecule has 0 atom stereocenters. The van der Waals surface area contributed by atoms with Gasteiger partial charge in [0.05, 0.1) is 7.11 Å². The Bertz CT molecular complexity index is 477. The van der Waals surface area contributed by atoms with Crippen molar-refractivity contribution in [1.29, 1.82) is 0 Å². The van der Waals surface area contributed by atoms with Gasteiger partial charge in [0.15, 0.2) is 18.1 Å². The first-order chi connectivity index (χ1) is 10.7. The van der Waals surface area contributed by atoms with Crippen molar-refractivity contribution >= 4 is 11.8 Å². The molecule has 0 heterocycles. The molecule has 2 N–H and O–H groups in total. The van der Waals surface area contributed by atoms with Gasteiger partial charge < -0.3 is 20.1 Å². The number of rotatable bonds is 10. The number of unbranched alkanes of at least 4 members (excludes halogenated alkanes) is 1. The molecule has 0 bridgehead atoms. The van der Waals surface area contributed by atoms with Crippen LogP contribution in [0, 0.1) is 0 Å². The van der Waals surface area contributed by atoms with E-state index < -0.39 is 0 Å². The predicted molar refractivity (Wildman–Crippen MR) is 84.0 cm³/mol. The van der Waals surface area contributed by atoms with E-state index in [1.165, 1.54) is 0 Å². The van der Waals surface area contributed by atoms with Crippen LogP contribution in [-0.4, -0.2) is 38.6 Å². The van der Waals surface area contributed by atoms with Gasteiger partial charge in [-0.15, -0.1) is 0 Å². The number of hydrogen-bond acceptors (Lipinski definition) is 4. The molecule has 0 saturated carbocycles. The minimum atomic E-state index is -0.242. The number of benzene rings is 1. The second-order valence-electron chi connectivity index (χ2n) is 4.74. The third kappa shape index (κ3) is 6.97. The molecule has 0 fully saturated rings. The molecule has 1 rings (SSSR count). The van der Waals surface area contributed by atoms with Crippen LogP contribution < -0.4 is 20.1 Å². The first-order valence-electron chi connectivity index (χ1n) is 7.46. The van der Waals surface area contributed by atoms with E-state index in [1.54, 1.807) is 19.2 Å². The van der Waals surface area contributed by atoms with Gasteiger partial charge in [0.1, 0.15) is 0 Å². The van der Waals surface area contributed by atoms with E-state index in [2.05, 4.69) is 10.6 Å². The third-order valence-corrected chi connectivity index (χ3v) is 2.95. The Morgan fingerprint density at radius 3 is 2.32 bits per heavy atom. The number of nitrogens with one attached hydrogen (secondary N) is 2. The highest BCUT2D eigenvalue weighted by Gasteiger charge is 2.06. The third-order valence-electron chi connectivity index (χ3n) is 2.95. The van der Waals surface area contributed by atoms with Crippen molar-refractivity contribution in [3.63, 3.8) is 0 Å². The van der Waals surface area contributed by atoms with Crippen LogP contribution in [0.5, 0.6) is 11.5 Å². The lowest BCUT2D eigenvalue weighted by Crippen LogP contribution is -2.36. The van der Waals surface area contributed by atoms with Crippen LogP contribution in [0.3, 0.4) is 0 Å². The minimum absolute atomic E-state index is 0.0152. The molecule has 0 aromatic heterocycles. The van der Waals surface area contributed by atoms with Gasteiger partial charge in [-0.05, 0) is 18.6 Å². The summed E-state index contributed by atoms with van der Waals surface area (Å²) < 4.78 is 10.5. The molecule has 0 aliphatic rings. The zero-order valence-electron chi connectivity index (χ0n) is 13.2. The molecule has 22 heavy (non-hydrogen) atoms. The van der Waals surface area contributed by atoms with Crippen LogP contribution in [0.4, 0.5) is 0 Å². The zero-order chi connectivity index (χ0) is 16.2. The van der Waals surface area contributed by atoms with E-state index in [0.717, 1.165) is 12.8 Å². The van der Waals surface area contributed by atoms with Crippen molar-refractivity contribution in [1.82, 2.24) is 10.6 Å². The lowest BCUT2D eigenvalue weighted by Gasteiger charge is -2.10. The zero-order valence-corrected chi connectivity index (χ0v) is 13.2. The van der Waals surface area contributed by atoms with Crippen LogP contribution >= 0.6 is 0 Å². The summed E-state index contributed by atoms with van der Waals surface area (Å²) in [5.74, 6) is 0.876. The molecule has 0 saturated heterocycles. The topological polar surface area (TPSA) is 76.7 Å². The normalized spacial score (nSPS) is 9.91. The lowest BCUT2D eigenvalue weighted by atomic mass is 10.2. The van der Waals surface area contributed by atoms with E-state index in [4.69, 9.17) is 9.47 Å². The van der Waals surface area contributed by atoms with Crippen molar-refractivity contribution in [2.75, 3.05) is 26.8 Å². The summed E-state index contributed by atoms with van der Waals surface area (Å²) in [4.78, 5) is 23.0. The van der Waals surface area contributed by atoms with Crippen molar-refractivity contribution in [2.24, 2.45) is 0 Å². The van der Waals surface area contributed by atoms with Crippen molar-refractivity contribution < 1.29 is 19.1 Å². The highest BCUT2D eigenvalue weighted by Crippen LogP contribution is 2.25. The molecule has 0 radical (unpaired) electrons. The van der Waals surface area contributed by atoms with Gasteiger partial charge in [0.25, 0.3) is 5.91 Å². The highest BCUT2D eigenvalue weighted by atomic mass is 16.5. The Morgan fingerprint density at radius 2 is 1.68 bits per heavy atom. The van der Waals surface area contributed by atoms with Crippen LogP contribution in [-0.2, 0) is 9.59 Å². The van der Waals surface area contributed by atoms with Crippen LogP contribution in [0.25, 0.3) is 0 Å². The van der Waals surface area contributed by atoms with Gasteiger partial charge >= 0.3 is 0 Å². The Labute approximate surface area is 131 Å². The summed E-state index contributed by atoms with van der Waals surface area (Å²) in [5, 5.41) is 5.43. The smallest absolute Gasteiger partial charge is 0.258 e. The average molecular weight is 308 g/mol. The molecule has 0 aliphatic carbocycles. The number of para-hydroxylation sites is 2. The summed E-state index contributed by atoms with van der Waals surface area (Å²) in [6, 6.07) is 7.13. The highest BCUT2D eigenvalue weighted by molar-refractivity contribution is 5.78. The lowest BCUT2D eigenvalue weighted by molar-refractivity contribution is -0.124. The maximum Gasteiger partial charge on any atom is 0.258 e. The van der Waals surface area contributed by atoms with E-state index in [-0.39, 0.29) is 18.4 Å². The largest absolute Gasteiger partial charge is 0.493 e. The summed E-state index contributed by atoms with van der Waals surface area (Å²) >= 11 is 0. The molecule has 122 valence electrons. The molecule has 0 unspecified atom stereocenters. The standard InChI is InChI=1S/C16H24N2O4/c1-3-4-9-15(19)17-10-11-18-16(20)12-22-14-8-6-5-7-13(14)21-2/h5-8H,3-4,9-12H2,1-2H3,(H,17,19)(H,18,20). The Balaban J connectivity index is 2.17. The monoisotopic (exact) mass is 308 g/mol. The van der Waals surface area contributed by atoms with Gasteiger partial charge in [0, 0.05) is 19.5 Å². The maximum absolute atomic E-state index is 11.6. The maximum atomic E-state index is 11.6. The number of hydrogen-bond donors (Lipinski definition) is 2. The molecule has 1 aromatic rings. The molecular formula is C16H24N2O4. The number of carbonyl (C=O) groups is 2. The number of amides is 2. The fourth-order valence-electron chi connectivity index (χ4n) is 1.76. The quantitative estimate of drug-likeness (QED) is 0.642. The molecule has 2 amide bonds. The number of methoxy groups -OCH3 is 1. The van der Waals surface area contributed by atoms with Crippen molar-refractivity contribution in [3.05, 3.63) is 24.3 Å². The van der Waals surface area contributed by atoms with Gasteiger partial charge in [-0.3, -0.25) is 9.59 Å². The number of ether oxygens (including phenoxy) is 2. The van der Waals surface area contributed by atoms with Crippen LogP contribution in [0.15, 0.2) is 24.3 Å². The minimum Gasteiger partial charge on any atom is -0.493 e. The SMILES string of the molecule is CCCCC(=O)NCCNC(=O)COc1ccccc1OC. The molecule has 6 nitrogen and oxygen atoms in total. The molecule has 1 aromatic carbocycles. The summed E-state index contributed by atoms with van der Waals surface area (Å²) in [6.07, 6.45) is 2.40. The van der Waals surface area contributed by atoms with Crippen LogP contribution in [0.1, 0.15) is 26.2 Å². The van der Waals surface area contributed by atoms with Crippen LogP contribution in [0.2, 0.25) is 0 Å². The Kier molecular flexibility index (Phi) is 8.49. The first kappa shape index (κ1) is 17.8. The van der Waals surface area contributed by atoms with Gasteiger partial charge in [-0.1, -0.05) is 25.5 Å². The van der Waals surface area contributed by atoms with E-state index in [0.29, 0.717) is 31.0 Å². The van der Waals surface area contributed by atoms with Gasteiger partial charge in [-0.2, -0.15) is 0 Å². The van der Waals surface area contributed by atoms with E-state index in [9.17, 15) is 9.59 Å². The first-order valence-corrected chi connectivity index (χ1v) is 7.46. The number of carbonyl (C=O) groups excluding carboxylic acids is 2. The Hall–Kier alpha value is -2.24. The predicted octanol–water partition coefficient (Wildman–Crippen LogP) is 1.50. The average Bonchev–Trinajstić information content (AvgIpc) is 2.55. The molecular weight excluding hydrogens is 284 g/mol. The molecule has 6 heteroatoms. The summed E-state index contributed by atoms with van der Waals surface area (Å²) in [6.45, 7) is 2.74. The fourth-order valence-corrected chi connectivity index (χ4v) is 1.76. The Morgan fingerprint density at radius 1 is 1.05 bits per heavy atom. The second kappa shape index (κ2) is 10.5. The molecule has 0 spiro atoms. The van der Waals surface area contributed by atoms with E-state index in [1.807, 2.05) is 19.1 Å². The van der Waals surface area contributed by atoms with Gasteiger partial charge in [0.2, 0.25) is 5.91 Å². The van der Waals surface area contributed by atoms with Gasteiger partial charge in [-0.25, -0.2) is 0 Å². The fraction of sp³-hybridized carbons (Fsp3) is 0.500. The summed E-state index contributed by atoms with van der Waals surface area (Å²) in [5.41, 5.74) is 0. The second-order valence-corrected chi connectivity index (χ2v) is 4.74. The van der Waals surface area contributed by atoms with Crippen molar-refractivity contribution in [3.8, 4) is 11.5 Å². The van der Waals surface area contributed by atoms with Crippen molar-refractivity contribution in [2.45, 2.75) is 26.2 Å². The molecule has 0 aliphatic heterocycles. The van der Waals surface area contributed by atoms with E-state index >= 15 is 0 Å². The summed E-state index contributed by atoms with van der Waals surface area (Å²) in [7, 11) is 1.55.